The minimum Gasteiger partial charge on any atom is -0.0683 e. The molecule has 0 heteroatoms. The van der Waals surface area contributed by atoms with Crippen LogP contribution in [0.25, 0.3) is 33.4 Å². The fraction of sp³-hybridized carbons (Fsp3) is 0.415. The molecular weight excluding hydrogens is 985 g/mol. The molecule has 0 unspecified atom stereocenters. The van der Waals surface area contributed by atoms with E-state index in [0.29, 0.717) is 0 Å². The summed E-state index contributed by atoms with van der Waals surface area (Å²) in [5, 5.41) is 0. The lowest BCUT2D eigenvalue weighted by Crippen LogP contribution is -2.29. The van der Waals surface area contributed by atoms with Crippen LogP contribution < -0.4 is 0 Å². The second-order valence-electron chi connectivity index (χ2n) is 21.0. The van der Waals surface area contributed by atoms with Gasteiger partial charge in [-0.25, -0.2) is 0 Å². The van der Waals surface area contributed by atoms with E-state index in [1.54, 1.807) is 0 Å². The highest BCUT2D eigenvalue weighted by Gasteiger charge is 2.53. The Morgan fingerprint density at radius 2 is 0.305 bits per heavy atom. The molecule has 82 heavy (non-hydrogen) atoms. The molecule has 1 spiro atoms. The molecule has 11 rings (SSSR count). The van der Waals surface area contributed by atoms with Crippen molar-refractivity contribution in [1.82, 2.24) is 0 Å². The lowest BCUT2D eigenvalue weighted by Gasteiger charge is -2.35. The Kier molecular flexibility index (Phi) is 27.5. The Hall–Kier alpha value is -6.24. The number of hydrogen-bond acceptors (Lipinski definition) is 0. The smallest absolute Gasteiger partial charge is 0.0683 e. The molecule has 0 heterocycles. The van der Waals surface area contributed by atoms with Gasteiger partial charge in [-0.05, 0) is 278 Å². The molecule has 8 aromatic carbocycles. The molecule has 0 bridgehead atoms. The number of aryl methyl sites for hydroxylation is 16. The summed E-state index contributed by atoms with van der Waals surface area (Å²) in [4.78, 5) is 0. The SMILES string of the molecule is CC.CC.CC.CC.CC.CC.CC.CC.Cc1cc2c(cc1C)C1(c3cc(C)c(C)cc3-2)c2cc(C)c(C)cc2-c2cc(C)c(C)cc21.Cc1ccc(C2(c3ccc(C)c(C)c3)c3cc(C)c(C)cc3-c3cc(C)c(C)cc32)cc1C. The molecule has 0 saturated heterocycles. The fourth-order valence-corrected chi connectivity index (χ4v) is 11.8. The highest BCUT2D eigenvalue weighted by molar-refractivity contribution is 5.96. The summed E-state index contributed by atoms with van der Waals surface area (Å²) >= 11 is 0. The van der Waals surface area contributed by atoms with Crippen molar-refractivity contribution in [3.8, 4) is 33.4 Å². The molecule has 0 atom stereocenters. The minimum absolute atomic E-state index is 0.247. The van der Waals surface area contributed by atoms with Crippen LogP contribution in [-0.4, -0.2) is 0 Å². The average molecular weight is 1100 g/mol. The van der Waals surface area contributed by atoms with Gasteiger partial charge in [0.05, 0.1) is 10.8 Å². The van der Waals surface area contributed by atoms with Gasteiger partial charge in [0.1, 0.15) is 0 Å². The van der Waals surface area contributed by atoms with Crippen LogP contribution in [0.15, 0.2) is 109 Å². The van der Waals surface area contributed by atoms with Crippen LogP contribution in [-0.2, 0) is 10.8 Å². The molecule has 0 nitrogen and oxygen atoms in total. The van der Waals surface area contributed by atoms with Gasteiger partial charge in [-0.1, -0.05) is 220 Å². The zero-order valence-electron chi connectivity index (χ0n) is 58.4. The third-order valence-electron chi connectivity index (χ3n) is 17.0. The molecule has 0 aromatic heterocycles. The zero-order valence-corrected chi connectivity index (χ0v) is 58.4. The van der Waals surface area contributed by atoms with Crippen molar-refractivity contribution in [2.75, 3.05) is 0 Å². The van der Waals surface area contributed by atoms with E-state index >= 15 is 0 Å². The van der Waals surface area contributed by atoms with Gasteiger partial charge in [-0.15, -0.1) is 0 Å². The number of benzene rings is 8. The first kappa shape index (κ1) is 71.9. The van der Waals surface area contributed by atoms with Gasteiger partial charge in [0.15, 0.2) is 0 Å². The predicted molar refractivity (Wildman–Crippen MR) is 373 cm³/mol. The number of hydrogen-bond donors (Lipinski definition) is 0. The third-order valence-corrected chi connectivity index (χ3v) is 17.0. The Bertz CT molecular complexity index is 2910. The minimum atomic E-state index is -0.321. The van der Waals surface area contributed by atoms with E-state index < -0.39 is 0 Å². The summed E-state index contributed by atoms with van der Waals surface area (Å²) in [5.41, 5.74) is 41.0. The molecule has 3 aliphatic rings. The van der Waals surface area contributed by atoms with Crippen molar-refractivity contribution in [2.45, 2.75) is 232 Å². The summed E-state index contributed by atoms with van der Waals surface area (Å²) < 4.78 is 0. The Labute approximate surface area is 505 Å². The predicted octanol–water partition coefficient (Wildman–Crippen LogP) is 25.2. The first-order valence-corrected chi connectivity index (χ1v) is 32.2. The van der Waals surface area contributed by atoms with Crippen molar-refractivity contribution in [3.05, 3.63) is 243 Å². The maximum absolute atomic E-state index is 2.48. The van der Waals surface area contributed by atoms with E-state index in [9.17, 15) is 0 Å². The topological polar surface area (TPSA) is 0 Å². The monoisotopic (exact) mass is 1100 g/mol. The molecule has 0 radical (unpaired) electrons. The van der Waals surface area contributed by atoms with Gasteiger partial charge in [-0.3, -0.25) is 0 Å². The molecule has 0 fully saturated rings. The van der Waals surface area contributed by atoms with Gasteiger partial charge in [-0.2, -0.15) is 0 Å². The van der Waals surface area contributed by atoms with Crippen LogP contribution in [0.2, 0.25) is 0 Å². The van der Waals surface area contributed by atoms with E-state index in [0.717, 1.165) is 0 Å². The van der Waals surface area contributed by atoms with Crippen molar-refractivity contribution >= 4 is 0 Å². The molecule has 442 valence electrons. The fourth-order valence-electron chi connectivity index (χ4n) is 11.8. The summed E-state index contributed by atoms with van der Waals surface area (Å²) in [6.07, 6.45) is 0. The molecule has 8 aromatic rings. The van der Waals surface area contributed by atoms with E-state index in [-0.39, 0.29) is 10.8 Å². The molecule has 0 aliphatic heterocycles. The quantitative estimate of drug-likeness (QED) is 0.162. The van der Waals surface area contributed by atoms with E-state index in [1.807, 2.05) is 111 Å². The highest BCUT2D eigenvalue weighted by atomic mass is 14.5. The molecule has 0 amide bonds. The van der Waals surface area contributed by atoms with Gasteiger partial charge in [0.2, 0.25) is 0 Å². The Balaban J connectivity index is 0.000000451. The van der Waals surface area contributed by atoms with Crippen molar-refractivity contribution in [2.24, 2.45) is 0 Å². The largest absolute Gasteiger partial charge is 0.0725 e. The van der Waals surface area contributed by atoms with Crippen molar-refractivity contribution < 1.29 is 0 Å². The van der Waals surface area contributed by atoms with Gasteiger partial charge < -0.3 is 0 Å². The second kappa shape index (κ2) is 31.4. The average Bonchev–Trinajstić information content (AvgIpc) is 2.04. The summed E-state index contributed by atoms with van der Waals surface area (Å²) in [6, 6.07) is 43.6. The van der Waals surface area contributed by atoms with Crippen LogP contribution >= 0.6 is 0 Å². The maximum atomic E-state index is 2.48. The summed E-state index contributed by atoms with van der Waals surface area (Å²) in [6.45, 7) is 67.9. The van der Waals surface area contributed by atoms with Crippen LogP contribution in [0.3, 0.4) is 0 Å². The van der Waals surface area contributed by atoms with Gasteiger partial charge in [0.25, 0.3) is 0 Å². The number of fused-ring (bicyclic) bond motifs is 13. The molecule has 3 aliphatic carbocycles. The molecule has 0 N–H and O–H groups in total. The van der Waals surface area contributed by atoms with Crippen LogP contribution in [0.4, 0.5) is 0 Å². The lowest BCUT2D eigenvalue weighted by molar-refractivity contribution is 0.762. The Morgan fingerprint density at radius 3 is 0.476 bits per heavy atom. The van der Waals surface area contributed by atoms with Crippen LogP contribution in [0.1, 0.15) is 244 Å². The summed E-state index contributed by atoms with van der Waals surface area (Å²) in [5.74, 6) is 0. The van der Waals surface area contributed by atoms with E-state index in [4.69, 9.17) is 0 Å². The molecular formula is C82H114. The lowest BCUT2D eigenvalue weighted by atomic mass is 9.66. The normalized spacial score (nSPS) is 11.9. The first-order valence-electron chi connectivity index (χ1n) is 32.2. The van der Waals surface area contributed by atoms with Gasteiger partial charge >= 0.3 is 0 Å². The third kappa shape index (κ3) is 12.6. The van der Waals surface area contributed by atoms with Crippen LogP contribution in [0, 0.1) is 111 Å². The highest BCUT2D eigenvalue weighted by Crippen LogP contribution is 2.64. The van der Waals surface area contributed by atoms with Gasteiger partial charge in [0, 0.05) is 0 Å². The van der Waals surface area contributed by atoms with Crippen molar-refractivity contribution in [3.63, 3.8) is 0 Å². The zero-order chi connectivity index (χ0) is 63.0. The summed E-state index contributed by atoms with van der Waals surface area (Å²) in [7, 11) is 0. The van der Waals surface area contributed by atoms with E-state index in [2.05, 4.69) is 220 Å². The van der Waals surface area contributed by atoms with Crippen LogP contribution in [0.5, 0.6) is 0 Å². The number of rotatable bonds is 2. The maximum Gasteiger partial charge on any atom is 0.0725 e. The first-order chi connectivity index (χ1) is 39.3. The van der Waals surface area contributed by atoms with E-state index in [1.165, 1.54) is 167 Å². The Morgan fingerprint density at radius 1 is 0.159 bits per heavy atom. The second-order valence-corrected chi connectivity index (χ2v) is 21.0. The standard InChI is InChI=1S/C33H32.C33H34.8C2H6/c1-17-9-25-26-10-18(2)22(6)14-30(26)33(29(25)13-21(17)5)31-15-23(7)19(3)11-27(31)28-12-20(4)24(8)16-32(28)33;1-19-9-11-27(13-21(19)3)33(28-12-10-20(2)22(4)14-28)31-17-25(7)23(5)15-29(31)30-16-24(6)26(8)18-32(30)33;8*1-2/h9-16H,1-8H3;9-18H,1-8H3;8*1-2H3. The molecule has 0 saturated carbocycles. The van der Waals surface area contributed by atoms with Crippen molar-refractivity contribution in [1.29, 1.82) is 0 Å².